The zero-order valence-corrected chi connectivity index (χ0v) is 17.3. The SMILES string of the molecule is CCCCNC(=O)[C@H](Cc1ccccc1)N(Cc1ccccc1C)C(=O)CC. The molecule has 150 valence electrons. The molecular weight excluding hydrogens is 348 g/mol. The number of hydrogen-bond acceptors (Lipinski definition) is 2. The average molecular weight is 381 g/mol. The third-order valence-electron chi connectivity index (χ3n) is 5.01. The van der Waals surface area contributed by atoms with Crippen molar-refractivity contribution in [2.45, 2.75) is 59.0 Å². The van der Waals surface area contributed by atoms with Crippen LogP contribution >= 0.6 is 0 Å². The lowest BCUT2D eigenvalue weighted by Crippen LogP contribution is -2.50. The molecule has 1 atom stereocenters. The Morgan fingerprint density at radius 3 is 2.32 bits per heavy atom. The Morgan fingerprint density at radius 2 is 1.68 bits per heavy atom. The molecule has 4 heteroatoms. The Labute approximate surface area is 169 Å². The van der Waals surface area contributed by atoms with Crippen LogP contribution in [0.1, 0.15) is 49.8 Å². The van der Waals surface area contributed by atoms with Crippen LogP contribution in [0.15, 0.2) is 54.6 Å². The number of benzene rings is 2. The molecule has 0 saturated heterocycles. The highest BCUT2D eigenvalue weighted by molar-refractivity contribution is 5.87. The smallest absolute Gasteiger partial charge is 0.243 e. The van der Waals surface area contributed by atoms with E-state index in [9.17, 15) is 9.59 Å². The number of hydrogen-bond donors (Lipinski definition) is 1. The maximum atomic E-state index is 13.1. The average Bonchev–Trinajstić information content (AvgIpc) is 2.72. The second-order valence-corrected chi connectivity index (χ2v) is 7.15. The lowest BCUT2D eigenvalue weighted by Gasteiger charge is -2.31. The van der Waals surface area contributed by atoms with Gasteiger partial charge in [0.1, 0.15) is 6.04 Å². The molecular formula is C24H32N2O2. The fourth-order valence-corrected chi connectivity index (χ4v) is 3.23. The molecule has 1 N–H and O–H groups in total. The fourth-order valence-electron chi connectivity index (χ4n) is 3.23. The number of unbranched alkanes of at least 4 members (excludes halogenated alkanes) is 1. The van der Waals surface area contributed by atoms with Crippen LogP contribution < -0.4 is 5.32 Å². The van der Waals surface area contributed by atoms with Crippen LogP contribution in [0.5, 0.6) is 0 Å². The maximum Gasteiger partial charge on any atom is 0.243 e. The van der Waals surface area contributed by atoms with E-state index in [2.05, 4.69) is 12.2 Å². The molecule has 0 bridgehead atoms. The summed E-state index contributed by atoms with van der Waals surface area (Å²) in [6.07, 6.45) is 2.84. The standard InChI is InChI=1S/C24H32N2O2/c1-4-6-16-25-24(28)22(17-20-13-8-7-9-14-20)26(23(27)5-2)18-21-15-11-10-12-19(21)3/h7-15,22H,4-6,16-18H2,1-3H3,(H,25,28)/t22-/m0/s1. The molecule has 0 aliphatic rings. The van der Waals surface area contributed by atoms with Crippen LogP contribution in [0.25, 0.3) is 0 Å². The Balaban J connectivity index is 2.31. The first-order valence-electron chi connectivity index (χ1n) is 10.2. The van der Waals surface area contributed by atoms with Crippen LogP contribution in [0.2, 0.25) is 0 Å². The van der Waals surface area contributed by atoms with Gasteiger partial charge in [-0.05, 0) is 30.0 Å². The molecule has 0 aliphatic heterocycles. The number of amides is 2. The van der Waals surface area contributed by atoms with Crippen molar-refractivity contribution in [2.75, 3.05) is 6.54 Å². The molecule has 2 aromatic carbocycles. The largest absolute Gasteiger partial charge is 0.354 e. The highest BCUT2D eigenvalue weighted by atomic mass is 16.2. The first-order chi connectivity index (χ1) is 13.6. The van der Waals surface area contributed by atoms with Gasteiger partial charge in [0, 0.05) is 25.9 Å². The Kier molecular flexibility index (Phi) is 8.73. The van der Waals surface area contributed by atoms with Crippen molar-refractivity contribution in [3.05, 3.63) is 71.3 Å². The third-order valence-corrected chi connectivity index (χ3v) is 5.01. The molecule has 0 aliphatic carbocycles. The van der Waals surface area contributed by atoms with Crippen molar-refractivity contribution >= 4 is 11.8 Å². The summed E-state index contributed by atoms with van der Waals surface area (Å²) in [4.78, 5) is 27.6. The van der Waals surface area contributed by atoms with Gasteiger partial charge in [0.15, 0.2) is 0 Å². The normalized spacial score (nSPS) is 11.7. The minimum atomic E-state index is -0.522. The van der Waals surface area contributed by atoms with Crippen molar-refractivity contribution in [1.82, 2.24) is 10.2 Å². The quantitative estimate of drug-likeness (QED) is 0.626. The van der Waals surface area contributed by atoms with Gasteiger partial charge >= 0.3 is 0 Å². The predicted molar refractivity (Wildman–Crippen MR) is 114 cm³/mol. The van der Waals surface area contributed by atoms with Gasteiger partial charge in [0.05, 0.1) is 0 Å². The van der Waals surface area contributed by atoms with Gasteiger partial charge in [0.25, 0.3) is 0 Å². The topological polar surface area (TPSA) is 49.4 Å². The van der Waals surface area contributed by atoms with Gasteiger partial charge in [-0.15, -0.1) is 0 Å². The summed E-state index contributed by atoms with van der Waals surface area (Å²) < 4.78 is 0. The number of carbonyl (C=O) groups is 2. The number of rotatable bonds is 10. The summed E-state index contributed by atoms with van der Waals surface area (Å²) in [6.45, 7) is 7.06. The van der Waals surface area contributed by atoms with Crippen molar-refractivity contribution in [3.8, 4) is 0 Å². The Hall–Kier alpha value is -2.62. The Morgan fingerprint density at radius 1 is 1.00 bits per heavy atom. The van der Waals surface area contributed by atoms with E-state index in [4.69, 9.17) is 0 Å². The van der Waals surface area contributed by atoms with E-state index in [1.54, 1.807) is 4.90 Å². The number of nitrogens with one attached hydrogen (secondary N) is 1. The summed E-state index contributed by atoms with van der Waals surface area (Å²) in [6, 6.07) is 17.4. The van der Waals surface area contributed by atoms with Gasteiger partial charge in [-0.2, -0.15) is 0 Å². The number of carbonyl (C=O) groups excluding carboxylic acids is 2. The van der Waals surface area contributed by atoms with Gasteiger partial charge < -0.3 is 10.2 Å². The van der Waals surface area contributed by atoms with E-state index in [1.807, 2.05) is 68.4 Å². The minimum Gasteiger partial charge on any atom is -0.354 e. The highest BCUT2D eigenvalue weighted by Gasteiger charge is 2.29. The van der Waals surface area contributed by atoms with Gasteiger partial charge in [-0.25, -0.2) is 0 Å². The first kappa shape index (κ1) is 21.7. The molecule has 0 spiro atoms. The van der Waals surface area contributed by atoms with Crippen LogP contribution in [0.3, 0.4) is 0 Å². The second-order valence-electron chi connectivity index (χ2n) is 7.15. The van der Waals surface area contributed by atoms with E-state index in [-0.39, 0.29) is 11.8 Å². The monoisotopic (exact) mass is 380 g/mol. The number of aryl methyl sites for hydroxylation is 1. The van der Waals surface area contributed by atoms with E-state index >= 15 is 0 Å². The molecule has 28 heavy (non-hydrogen) atoms. The minimum absolute atomic E-state index is 0.00479. The Bertz CT molecular complexity index is 758. The van der Waals surface area contributed by atoms with Crippen molar-refractivity contribution in [3.63, 3.8) is 0 Å². The zero-order chi connectivity index (χ0) is 20.4. The third kappa shape index (κ3) is 6.22. The maximum absolute atomic E-state index is 13.1. The first-order valence-corrected chi connectivity index (χ1v) is 10.2. The van der Waals surface area contributed by atoms with Crippen LogP contribution in [0, 0.1) is 6.92 Å². The molecule has 2 aromatic rings. The van der Waals surface area contributed by atoms with E-state index in [0.717, 1.165) is 29.5 Å². The van der Waals surface area contributed by atoms with Gasteiger partial charge in [0.2, 0.25) is 11.8 Å². The fraction of sp³-hybridized carbons (Fsp3) is 0.417. The summed E-state index contributed by atoms with van der Waals surface area (Å²) in [7, 11) is 0. The molecule has 2 amide bonds. The molecule has 0 unspecified atom stereocenters. The van der Waals surface area contributed by atoms with Crippen LogP contribution in [-0.2, 0) is 22.6 Å². The van der Waals surface area contributed by atoms with E-state index in [1.165, 1.54) is 0 Å². The van der Waals surface area contributed by atoms with Gasteiger partial charge in [-0.1, -0.05) is 74.9 Å². The summed E-state index contributed by atoms with van der Waals surface area (Å²) >= 11 is 0. The molecule has 4 nitrogen and oxygen atoms in total. The summed E-state index contributed by atoms with van der Waals surface area (Å²) in [5.74, 6) is -0.0810. The van der Waals surface area contributed by atoms with Crippen molar-refractivity contribution in [1.29, 1.82) is 0 Å². The summed E-state index contributed by atoms with van der Waals surface area (Å²) in [5, 5.41) is 3.03. The zero-order valence-electron chi connectivity index (χ0n) is 17.3. The van der Waals surface area contributed by atoms with Crippen LogP contribution in [-0.4, -0.2) is 29.3 Å². The highest BCUT2D eigenvalue weighted by Crippen LogP contribution is 2.17. The second kappa shape index (κ2) is 11.3. The van der Waals surface area contributed by atoms with E-state index < -0.39 is 6.04 Å². The lowest BCUT2D eigenvalue weighted by molar-refractivity contribution is -0.141. The molecule has 0 saturated carbocycles. The van der Waals surface area contributed by atoms with E-state index in [0.29, 0.717) is 25.9 Å². The molecule has 0 heterocycles. The molecule has 2 rings (SSSR count). The van der Waals surface area contributed by atoms with Gasteiger partial charge in [-0.3, -0.25) is 9.59 Å². The molecule has 0 fully saturated rings. The lowest BCUT2D eigenvalue weighted by atomic mass is 10.0. The van der Waals surface area contributed by atoms with Crippen molar-refractivity contribution in [2.24, 2.45) is 0 Å². The predicted octanol–water partition coefficient (Wildman–Crippen LogP) is 4.26. The van der Waals surface area contributed by atoms with Crippen LogP contribution in [0.4, 0.5) is 0 Å². The number of nitrogens with zero attached hydrogens (tertiary/aromatic N) is 1. The van der Waals surface area contributed by atoms with Crippen molar-refractivity contribution < 1.29 is 9.59 Å². The molecule has 0 radical (unpaired) electrons. The summed E-state index contributed by atoms with van der Waals surface area (Å²) in [5.41, 5.74) is 3.25. The molecule has 0 aromatic heterocycles.